The summed E-state index contributed by atoms with van der Waals surface area (Å²) in [6.07, 6.45) is 0. The van der Waals surface area contributed by atoms with Crippen molar-refractivity contribution in [1.82, 2.24) is 0 Å². The van der Waals surface area contributed by atoms with Crippen LogP contribution in [0.5, 0.6) is 11.5 Å². The zero-order valence-electron chi connectivity index (χ0n) is 9.66. The quantitative estimate of drug-likeness (QED) is 0.777. The van der Waals surface area contributed by atoms with Gasteiger partial charge in [0.15, 0.2) is 0 Å². The van der Waals surface area contributed by atoms with Gasteiger partial charge >= 0.3 is 5.97 Å². The van der Waals surface area contributed by atoms with E-state index in [0.29, 0.717) is 0 Å². The van der Waals surface area contributed by atoms with Gasteiger partial charge in [-0.2, -0.15) is 0 Å². The number of carbonyl (C=O) groups is 1. The maximum atomic E-state index is 13.1. The smallest absolute Gasteiger partial charge is 0.339 e. The van der Waals surface area contributed by atoms with Gasteiger partial charge < -0.3 is 9.84 Å². The highest BCUT2D eigenvalue weighted by Crippen LogP contribution is 2.37. The number of hydrogen-bond acceptors (Lipinski definition) is 2. The third kappa shape index (κ3) is 3.15. The number of carboxylic acid groups (broad SMARTS) is 1. The van der Waals surface area contributed by atoms with Gasteiger partial charge in [0.05, 0.1) is 15.1 Å². The average Bonchev–Trinajstić information content (AvgIpc) is 2.37. The molecule has 0 unspecified atom stereocenters. The molecule has 0 saturated heterocycles. The Bertz CT molecular complexity index is 689. The molecule has 0 saturated carbocycles. The lowest BCUT2D eigenvalue weighted by atomic mass is 10.2. The molecule has 7 heteroatoms. The van der Waals surface area contributed by atoms with Crippen molar-refractivity contribution in [3.05, 3.63) is 56.8 Å². The SMILES string of the molecule is O=C(O)c1cc(F)ccc1Oc1cc(Cl)c(Cl)cc1Cl. The van der Waals surface area contributed by atoms with E-state index in [4.69, 9.17) is 44.6 Å². The number of carboxylic acids is 1. The van der Waals surface area contributed by atoms with Gasteiger partial charge in [-0.05, 0) is 24.3 Å². The van der Waals surface area contributed by atoms with Crippen molar-refractivity contribution in [1.29, 1.82) is 0 Å². The molecular formula is C13H6Cl3FO3. The Balaban J connectivity index is 2.45. The van der Waals surface area contributed by atoms with Crippen LogP contribution in [0.4, 0.5) is 4.39 Å². The lowest BCUT2D eigenvalue weighted by molar-refractivity contribution is 0.0693. The summed E-state index contributed by atoms with van der Waals surface area (Å²) in [7, 11) is 0. The summed E-state index contributed by atoms with van der Waals surface area (Å²) in [4.78, 5) is 11.0. The number of halogens is 4. The molecule has 0 heterocycles. The first-order valence-corrected chi connectivity index (χ1v) is 6.37. The van der Waals surface area contributed by atoms with E-state index in [2.05, 4.69) is 0 Å². The molecule has 1 N–H and O–H groups in total. The topological polar surface area (TPSA) is 46.5 Å². The second-order valence-corrected chi connectivity index (χ2v) is 4.97. The summed E-state index contributed by atoms with van der Waals surface area (Å²) in [6.45, 7) is 0. The molecule has 0 amide bonds. The lowest BCUT2D eigenvalue weighted by Crippen LogP contribution is -2.01. The summed E-state index contributed by atoms with van der Waals surface area (Å²) in [6, 6.07) is 5.83. The van der Waals surface area contributed by atoms with Gasteiger partial charge in [-0.25, -0.2) is 9.18 Å². The number of rotatable bonds is 3. The summed E-state index contributed by atoms with van der Waals surface area (Å²) in [5, 5.41) is 9.60. The van der Waals surface area contributed by atoms with Crippen LogP contribution in [0.25, 0.3) is 0 Å². The van der Waals surface area contributed by atoms with Gasteiger partial charge in [-0.1, -0.05) is 34.8 Å². The van der Waals surface area contributed by atoms with Gasteiger partial charge in [-0.15, -0.1) is 0 Å². The zero-order chi connectivity index (χ0) is 14.9. The summed E-state index contributed by atoms with van der Waals surface area (Å²) in [5.74, 6) is -1.94. The first-order chi connectivity index (χ1) is 9.38. The maximum Gasteiger partial charge on any atom is 0.339 e. The van der Waals surface area contributed by atoms with E-state index >= 15 is 0 Å². The van der Waals surface area contributed by atoms with E-state index < -0.39 is 11.8 Å². The van der Waals surface area contributed by atoms with Crippen molar-refractivity contribution >= 4 is 40.8 Å². The van der Waals surface area contributed by atoms with E-state index in [9.17, 15) is 9.18 Å². The van der Waals surface area contributed by atoms with Crippen molar-refractivity contribution < 1.29 is 19.0 Å². The standard InChI is InChI=1S/C13H6Cl3FO3/c14-8-4-10(16)12(5-9(8)15)20-11-2-1-6(17)3-7(11)13(18)19/h1-5H,(H,18,19). The zero-order valence-corrected chi connectivity index (χ0v) is 11.9. The summed E-state index contributed by atoms with van der Waals surface area (Å²) in [5.41, 5.74) is -0.327. The van der Waals surface area contributed by atoms with Crippen LogP contribution < -0.4 is 4.74 Å². The van der Waals surface area contributed by atoms with E-state index in [1.165, 1.54) is 18.2 Å². The van der Waals surface area contributed by atoms with Crippen molar-refractivity contribution in [2.24, 2.45) is 0 Å². The van der Waals surface area contributed by atoms with Crippen LogP contribution in [0.2, 0.25) is 15.1 Å². The van der Waals surface area contributed by atoms with Gasteiger partial charge in [0.25, 0.3) is 0 Å². The minimum Gasteiger partial charge on any atom is -0.478 e. The molecule has 0 aliphatic rings. The van der Waals surface area contributed by atoms with Crippen LogP contribution in [0.15, 0.2) is 30.3 Å². The fourth-order valence-electron chi connectivity index (χ4n) is 1.46. The predicted molar refractivity (Wildman–Crippen MR) is 74.9 cm³/mol. The number of benzene rings is 2. The second kappa shape index (κ2) is 5.87. The Morgan fingerprint density at radius 2 is 1.65 bits per heavy atom. The molecule has 0 aromatic heterocycles. The molecule has 104 valence electrons. The van der Waals surface area contributed by atoms with E-state index in [-0.39, 0.29) is 32.1 Å². The molecule has 0 atom stereocenters. The molecular weight excluding hydrogens is 329 g/mol. The van der Waals surface area contributed by atoms with Crippen LogP contribution in [0, 0.1) is 5.82 Å². The first-order valence-electron chi connectivity index (χ1n) is 5.23. The van der Waals surface area contributed by atoms with Crippen molar-refractivity contribution in [3.63, 3.8) is 0 Å². The fourth-order valence-corrected chi connectivity index (χ4v) is 2.03. The van der Waals surface area contributed by atoms with Crippen LogP contribution in [-0.2, 0) is 0 Å². The Morgan fingerprint density at radius 1 is 1.00 bits per heavy atom. The fraction of sp³-hybridized carbons (Fsp3) is 0. The van der Waals surface area contributed by atoms with Crippen LogP contribution >= 0.6 is 34.8 Å². The predicted octanol–water partition coefficient (Wildman–Crippen LogP) is 5.28. The molecule has 2 rings (SSSR count). The molecule has 2 aromatic carbocycles. The highest BCUT2D eigenvalue weighted by atomic mass is 35.5. The number of hydrogen-bond donors (Lipinski definition) is 1. The van der Waals surface area contributed by atoms with Gasteiger partial charge in [0.1, 0.15) is 22.9 Å². The van der Waals surface area contributed by atoms with E-state index in [1.807, 2.05) is 0 Å². The minimum absolute atomic E-state index is 0.0563. The molecule has 0 fully saturated rings. The number of ether oxygens (including phenoxy) is 1. The van der Waals surface area contributed by atoms with Crippen molar-refractivity contribution in [2.75, 3.05) is 0 Å². The molecule has 0 spiro atoms. The van der Waals surface area contributed by atoms with E-state index in [1.54, 1.807) is 0 Å². The van der Waals surface area contributed by atoms with Crippen LogP contribution in [0.1, 0.15) is 10.4 Å². The molecule has 3 nitrogen and oxygen atoms in total. The minimum atomic E-state index is -1.32. The average molecular weight is 336 g/mol. The Hall–Kier alpha value is -1.49. The van der Waals surface area contributed by atoms with Crippen molar-refractivity contribution in [3.8, 4) is 11.5 Å². The van der Waals surface area contributed by atoms with Crippen LogP contribution in [-0.4, -0.2) is 11.1 Å². The van der Waals surface area contributed by atoms with Crippen molar-refractivity contribution in [2.45, 2.75) is 0 Å². The third-order valence-electron chi connectivity index (χ3n) is 2.37. The molecule has 0 aliphatic heterocycles. The Kier molecular flexibility index (Phi) is 4.38. The monoisotopic (exact) mass is 334 g/mol. The molecule has 2 aromatic rings. The van der Waals surface area contributed by atoms with Crippen LogP contribution in [0.3, 0.4) is 0 Å². The lowest BCUT2D eigenvalue weighted by Gasteiger charge is -2.11. The van der Waals surface area contributed by atoms with Gasteiger partial charge in [-0.3, -0.25) is 0 Å². The summed E-state index contributed by atoms with van der Waals surface area (Å²) >= 11 is 17.5. The Labute approximate surface area is 128 Å². The molecule has 0 radical (unpaired) electrons. The van der Waals surface area contributed by atoms with Gasteiger partial charge in [0, 0.05) is 6.07 Å². The highest BCUT2D eigenvalue weighted by Gasteiger charge is 2.15. The molecule has 20 heavy (non-hydrogen) atoms. The Morgan fingerprint density at radius 3 is 2.30 bits per heavy atom. The third-order valence-corrected chi connectivity index (χ3v) is 3.38. The van der Waals surface area contributed by atoms with E-state index in [0.717, 1.165) is 12.1 Å². The maximum absolute atomic E-state index is 13.1. The normalized spacial score (nSPS) is 10.4. The first kappa shape index (κ1) is 14.9. The highest BCUT2D eigenvalue weighted by molar-refractivity contribution is 6.43. The number of aromatic carboxylic acids is 1. The molecule has 0 bridgehead atoms. The van der Waals surface area contributed by atoms with Gasteiger partial charge in [0.2, 0.25) is 0 Å². The summed E-state index contributed by atoms with van der Waals surface area (Å²) < 4.78 is 18.4. The molecule has 0 aliphatic carbocycles. The second-order valence-electron chi connectivity index (χ2n) is 3.74. The largest absolute Gasteiger partial charge is 0.478 e.